The van der Waals surface area contributed by atoms with Gasteiger partial charge < -0.3 is 14.6 Å². The molecule has 2 unspecified atom stereocenters. The topological polar surface area (TPSA) is 39.1 Å². The molecule has 90 valence electrons. The molecule has 2 rings (SSSR count). The highest BCUT2D eigenvalue weighted by Gasteiger charge is 2.25. The van der Waals surface area contributed by atoms with Gasteiger partial charge in [-0.15, -0.1) is 0 Å². The number of imidazole rings is 1. The van der Waals surface area contributed by atoms with Gasteiger partial charge in [0.15, 0.2) is 0 Å². The van der Waals surface area contributed by atoms with Crippen LogP contribution < -0.4 is 5.32 Å². The minimum Gasteiger partial charge on any atom is -0.372 e. The minimum absolute atomic E-state index is 0.359. The molecule has 2 heterocycles. The van der Waals surface area contributed by atoms with Gasteiger partial charge in [0, 0.05) is 25.4 Å². The van der Waals surface area contributed by atoms with Crippen molar-refractivity contribution < 1.29 is 4.74 Å². The molecule has 4 heteroatoms. The van der Waals surface area contributed by atoms with E-state index in [9.17, 15) is 0 Å². The highest BCUT2D eigenvalue weighted by Crippen LogP contribution is 2.21. The quantitative estimate of drug-likeness (QED) is 0.815. The molecule has 0 aromatic carbocycles. The summed E-state index contributed by atoms with van der Waals surface area (Å²) >= 11 is 0. The van der Waals surface area contributed by atoms with Crippen LogP contribution in [-0.2, 0) is 17.7 Å². The Bertz CT molecular complexity index is 324. The van der Waals surface area contributed by atoms with Gasteiger partial charge in [-0.25, -0.2) is 4.98 Å². The number of rotatable bonds is 5. The summed E-state index contributed by atoms with van der Waals surface area (Å²) in [6.45, 7) is 4.04. The van der Waals surface area contributed by atoms with Gasteiger partial charge in [-0.05, 0) is 19.9 Å². The number of ether oxygens (including phenoxy) is 1. The van der Waals surface area contributed by atoms with Crippen molar-refractivity contribution in [3.8, 4) is 0 Å². The highest BCUT2D eigenvalue weighted by atomic mass is 16.5. The van der Waals surface area contributed by atoms with Gasteiger partial charge in [-0.2, -0.15) is 0 Å². The summed E-state index contributed by atoms with van der Waals surface area (Å²) in [7, 11) is 1.97. The second-order valence-electron chi connectivity index (χ2n) is 4.36. The molecule has 1 aromatic heterocycles. The maximum absolute atomic E-state index is 5.96. The van der Waals surface area contributed by atoms with Crippen LogP contribution in [0.4, 0.5) is 0 Å². The van der Waals surface area contributed by atoms with Gasteiger partial charge in [-0.1, -0.05) is 6.92 Å². The van der Waals surface area contributed by atoms with E-state index in [2.05, 4.69) is 21.8 Å². The van der Waals surface area contributed by atoms with Crippen LogP contribution in [0.2, 0.25) is 0 Å². The lowest BCUT2D eigenvalue weighted by Crippen LogP contribution is -2.25. The van der Waals surface area contributed by atoms with Crippen LogP contribution in [0.5, 0.6) is 0 Å². The monoisotopic (exact) mass is 223 g/mol. The summed E-state index contributed by atoms with van der Waals surface area (Å²) in [6, 6.07) is 0. The minimum atomic E-state index is 0.359. The molecule has 0 radical (unpaired) electrons. The first-order chi connectivity index (χ1) is 7.83. The molecule has 0 aliphatic carbocycles. The molecule has 16 heavy (non-hydrogen) atoms. The predicted octanol–water partition coefficient (Wildman–Crippen LogP) is 1.21. The fourth-order valence-corrected chi connectivity index (χ4v) is 2.33. The number of hydrogen-bond donors (Lipinski definition) is 1. The number of nitrogens with zero attached hydrogens (tertiary/aromatic N) is 2. The van der Waals surface area contributed by atoms with Gasteiger partial charge in [0.05, 0.1) is 18.8 Å². The van der Waals surface area contributed by atoms with Crippen molar-refractivity contribution >= 4 is 0 Å². The Morgan fingerprint density at radius 1 is 1.50 bits per heavy atom. The Balaban J connectivity index is 1.87. The molecular weight excluding hydrogens is 202 g/mol. The van der Waals surface area contributed by atoms with E-state index in [-0.39, 0.29) is 0 Å². The zero-order valence-corrected chi connectivity index (χ0v) is 10.1. The fourth-order valence-electron chi connectivity index (χ4n) is 2.33. The van der Waals surface area contributed by atoms with Gasteiger partial charge in [-0.3, -0.25) is 0 Å². The van der Waals surface area contributed by atoms with Gasteiger partial charge >= 0.3 is 0 Å². The average Bonchev–Trinajstić information content (AvgIpc) is 2.89. The lowest BCUT2D eigenvalue weighted by molar-refractivity contribution is 0.0367. The summed E-state index contributed by atoms with van der Waals surface area (Å²) in [5.74, 6) is 1.15. The van der Waals surface area contributed by atoms with E-state index in [0.29, 0.717) is 12.2 Å². The Kier molecular flexibility index (Phi) is 3.96. The molecule has 0 bridgehead atoms. The molecule has 1 aliphatic heterocycles. The van der Waals surface area contributed by atoms with E-state index < -0.39 is 0 Å². The van der Waals surface area contributed by atoms with Gasteiger partial charge in [0.2, 0.25) is 0 Å². The maximum atomic E-state index is 5.96. The standard InChI is InChI=1S/C12H21N3O/c1-3-12-14-6-7-15(12)9-11-5-4-10(16-11)8-13-2/h6-7,10-11,13H,3-5,8-9H2,1-2H3. The van der Waals surface area contributed by atoms with Crippen molar-refractivity contribution in [1.29, 1.82) is 0 Å². The van der Waals surface area contributed by atoms with Crippen molar-refractivity contribution in [3.05, 3.63) is 18.2 Å². The van der Waals surface area contributed by atoms with Gasteiger partial charge in [0.1, 0.15) is 5.82 Å². The van der Waals surface area contributed by atoms with Crippen LogP contribution in [0.25, 0.3) is 0 Å². The second-order valence-corrected chi connectivity index (χ2v) is 4.36. The van der Waals surface area contributed by atoms with Crippen LogP contribution in [-0.4, -0.2) is 35.4 Å². The first-order valence-electron chi connectivity index (χ1n) is 6.13. The molecular formula is C12H21N3O. The lowest BCUT2D eigenvalue weighted by Gasteiger charge is -2.15. The number of likely N-dealkylation sites (N-methyl/N-ethyl adjacent to an activating group) is 1. The van der Waals surface area contributed by atoms with Crippen LogP contribution in [0.15, 0.2) is 12.4 Å². The summed E-state index contributed by atoms with van der Waals surface area (Å²) in [5.41, 5.74) is 0. The van der Waals surface area contributed by atoms with Crippen molar-refractivity contribution in [3.63, 3.8) is 0 Å². The van der Waals surface area contributed by atoms with E-state index in [1.165, 1.54) is 6.42 Å². The van der Waals surface area contributed by atoms with Crippen LogP contribution in [0.3, 0.4) is 0 Å². The molecule has 1 fully saturated rings. The van der Waals surface area contributed by atoms with E-state index in [0.717, 1.165) is 31.8 Å². The Labute approximate surface area is 97.0 Å². The number of aromatic nitrogens is 2. The number of nitrogens with one attached hydrogen (secondary N) is 1. The molecule has 1 aliphatic rings. The third kappa shape index (κ3) is 2.62. The molecule has 1 N–H and O–H groups in total. The first kappa shape index (κ1) is 11.6. The first-order valence-corrected chi connectivity index (χ1v) is 6.13. The van der Waals surface area contributed by atoms with Crippen molar-refractivity contribution in [2.45, 2.75) is 44.9 Å². The van der Waals surface area contributed by atoms with Crippen LogP contribution in [0, 0.1) is 0 Å². The summed E-state index contributed by atoms with van der Waals surface area (Å²) in [5, 5.41) is 3.17. The summed E-state index contributed by atoms with van der Waals surface area (Å²) in [6.07, 6.45) is 7.99. The zero-order valence-electron chi connectivity index (χ0n) is 10.1. The molecule has 0 amide bonds. The third-order valence-electron chi connectivity index (χ3n) is 3.15. The number of aryl methyl sites for hydroxylation is 1. The SMILES string of the molecule is CCc1nccn1CC1CCC(CNC)O1. The number of hydrogen-bond acceptors (Lipinski definition) is 3. The molecule has 4 nitrogen and oxygen atoms in total. The average molecular weight is 223 g/mol. The summed E-state index contributed by atoms with van der Waals surface area (Å²) < 4.78 is 8.18. The molecule has 1 aromatic rings. The molecule has 0 saturated carbocycles. The maximum Gasteiger partial charge on any atom is 0.108 e. The van der Waals surface area contributed by atoms with Crippen molar-refractivity contribution in [2.75, 3.05) is 13.6 Å². The predicted molar refractivity (Wildman–Crippen MR) is 63.4 cm³/mol. The van der Waals surface area contributed by atoms with Crippen LogP contribution >= 0.6 is 0 Å². The molecule has 0 spiro atoms. The Morgan fingerprint density at radius 2 is 2.31 bits per heavy atom. The van der Waals surface area contributed by atoms with E-state index in [1.807, 2.05) is 19.4 Å². The summed E-state index contributed by atoms with van der Waals surface area (Å²) in [4.78, 5) is 4.33. The fraction of sp³-hybridized carbons (Fsp3) is 0.750. The molecule has 1 saturated heterocycles. The van der Waals surface area contributed by atoms with E-state index >= 15 is 0 Å². The molecule has 2 atom stereocenters. The van der Waals surface area contributed by atoms with E-state index in [4.69, 9.17) is 4.74 Å². The normalized spacial score (nSPS) is 25.1. The lowest BCUT2D eigenvalue weighted by atomic mass is 10.2. The smallest absolute Gasteiger partial charge is 0.108 e. The largest absolute Gasteiger partial charge is 0.372 e. The Hall–Kier alpha value is -0.870. The van der Waals surface area contributed by atoms with Crippen molar-refractivity contribution in [1.82, 2.24) is 14.9 Å². The van der Waals surface area contributed by atoms with E-state index in [1.54, 1.807) is 0 Å². The van der Waals surface area contributed by atoms with Crippen molar-refractivity contribution in [2.24, 2.45) is 0 Å². The van der Waals surface area contributed by atoms with Crippen LogP contribution in [0.1, 0.15) is 25.6 Å². The van der Waals surface area contributed by atoms with Gasteiger partial charge in [0.25, 0.3) is 0 Å². The zero-order chi connectivity index (χ0) is 11.4. The second kappa shape index (κ2) is 5.46. The Morgan fingerprint density at radius 3 is 3.06 bits per heavy atom. The third-order valence-corrected chi connectivity index (χ3v) is 3.15. The highest BCUT2D eigenvalue weighted by molar-refractivity contribution is 4.92.